The Morgan fingerprint density at radius 1 is 1.24 bits per heavy atom. The molecule has 1 amide bonds. The molecule has 0 bridgehead atoms. The molecule has 1 heterocycles. The van der Waals surface area contributed by atoms with Gasteiger partial charge >= 0.3 is 0 Å². The Morgan fingerprint density at radius 3 is 2.57 bits per heavy atom. The molecule has 1 aliphatic carbocycles. The molecule has 0 aliphatic heterocycles. The molecular weight excluding hydrogens is 266 g/mol. The number of H-pyrrole nitrogens is 1. The molecule has 1 saturated carbocycles. The fourth-order valence-corrected chi connectivity index (χ4v) is 2.31. The van der Waals surface area contributed by atoms with Crippen LogP contribution < -0.4 is 11.2 Å². The number of anilines is 1. The van der Waals surface area contributed by atoms with Gasteiger partial charge in [-0.25, -0.2) is 0 Å². The third kappa shape index (κ3) is 2.97. The molecule has 0 radical (unpaired) electrons. The van der Waals surface area contributed by atoms with E-state index in [0.717, 1.165) is 18.4 Å². The number of carbonyl (C=O) groups excluding carboxylic acids is 1. The van der Waals surface area contributed by atoms with Gasteiger partial charge in [0.15, 0.2) is 5.43 Å². The number of rotatable bonds is 4. The van der Waals surface area contributed by atoms with Crippen molar-refractivity contribution in [1.82, 2.24) is 9.88 Å². The van der Waals surface area contributed by atoms with E-state index in [2.05, 4.69) is 4.98 Å². The molecule has 1 fully saturated rings. The predicted molar refractivity (Wildman–Crippen MR) is 80.8 cm³/mol. The van der Waals surface area contributed by atoms with Gasteiger partial charge in [0.2, 0.25) is 0 Å². The van der Waals surface area contributed by atoms with E-state index in [4.69, 9.17) is 5.73 Å². The lowest BCUT2D eigenvalue weighted by Gasteiger charge is -2.22. The number of hydrogen-bond donors (Lipinski definition) is 2. The summed E-state index contributed by atoms with van der Waals surface area (Å²) in [4.78, 5) is 29.0. The first-order chi connectivity index (χ1) is 10.1. The van der Waals surface area contributed by atoms with Gasteiger partial charge < -0.3 is 15.6 Å². The minimum Gasteiger partial charge on any atom is -0.399 e. The second kappa shape index (κ2) is 5.44. The van der Waals surface area contributed by atoms with E-state index in [9.17, 15) is 9.59 Å². The first-order valence-corrected chi connectivity index (χ1v) is 6.97. The maximum atomic E-state index is 12.6. The highest BCUT2D eigenvalue weighted by atomic mass is 16.2. The van der Waals surface area contributed by atoms with Crippen molar-refractivity contribution in [1.29, 1.82) is 0 Å². The predicted octanol–water partition coefficient (Wildman–Crippen LogP) is 1.76. The van der Waals surface area contributed by atoms with Crippen LogP contribution in [0.4, 0.5) is 5.69 Å². The van der Waals surface area contributed by atoms with Gasteiger partial charge in [0, 0.05) is 36.7 Å². The molecule has 1 aromatic heterocycles. The third-order valence-corrected chi connectivity index (χ3v) is 3.64. The number of benzene rings is 1. The number of nitrogens with two attached hydrogens (primary N) is 1. The van der Waals surface area contributed by atoms with E-state index in [1.165, 1.54) is 18.5 Å². The van der Waals surface area contributed by atoms with Gasteiger partial charge in [0.25, 0.3) is 5.91 Å². The minimum absolute atomic E-state index is 0.194. The molecule has 108 valence electrons. The van der Waals surface area contributed by atoms with Crippen molar-refractivity contribution in [2.75, 3.05) is 5.73 Å². The van der Waals surface area contributed by atoms with Crippen molar-refractivity contribution < 1.29 is 4.79 Å². The van der Waals surface area contributed by atoms with E-state index in [1.54, 1.807) is 4.90 Å². The van der Waals surface area contributed by atoms with Crippen molar-refractivity contribution in [3.05, 3.63) is 64.1 Å². The Labute approximate surface area is 122 Å². The maximum absolute atomic E-state index is 12.6. The first kappa shape index (κ1) is 13.4. The fourth-order valence-electron chi connectivity index (χ4n) is 2.31. The number of carbonyl (C=O) groups is 1. The van der Waals surface area contributed by atoms with Crippen molar-refractivity contribution >= 4 is 11.6 Å². The summed E-state index contributed by atoms with van der Waals surface area (Å²) >= 11 is 0. The number of nitrogens with one attached hydrogen (secondary N) is 1. The average Bonchev–Trinajstić information content (AvgIpc) is 3.31. The van der Waals surface area contributed by atoms with E-state index in [0.29, 0.717) is 12.2 Å². The largest absolute Gasteiger partial charge is 0.399 e. The zero-order valence-electron chi connectivity index (χ0n) is 11.6. The van der Waals surface area contributed by atoms with Gasteiger partial charge in [0.1, 0.15) is 5.56 Å². The summed E-state index contributed by atoms with van der Waals surface area (Å²) in [6.07, 6.45) is 4.99. The van der Waals surface area contributed by atoms with E-state index in [-0.39, 0.29) is 22.9 Å². The molecule has 2 aromatic rings. The van der Waals surface area contributed by atoms with Crippen molar-refractivity contribution in [3.63, 3.8) is 0 Å². The van der Waals surface area contributed by atoms with Gasteiger partial charge in [0.05, 0.1) is 0 Å². The second-order valence-electron chi connectivity index (χ2n) is 5.33. The van der Waals surface area contributed by atoms with Crippen LogP contribution in [0.1, 0.15) is 28.8 Å². The van der Waals surface area contributed by atoms with Crippen LogP contribution in [0.15, 0.2) is 47.5 Å². The highest BCUT2D eigenvalue weighted by Crippen LogP contribution is 2.29. The number of pyridine rings is 1. The van der Waals surface area contributed by atoms with Crippen LogP contribution in [-0.2, 0) is 6.54 Å². The molecule has 1 aromatic carbocycles. The smallest absolute Gasteiger partial charge is 0.259 e. The van der Waals surface area contributed by atoms with Crippen LogP contribution in [-0.4, -0.2) is 21.8 Å². The topological polar surface area (TPSA) is 79.2 Å². The number of nitrogens with zero attached hydrogens (tertiary/aromatic N) is 1. The lowest BCUT2D eigenvalue weighted by Crippen LogP contribution is -2.35. The Balaban J connectivity index is 1.85. The third-order valence-electron chi connectivity index (χ3n) is 3.64. The maximum Gasteiger partial charge on any atom is 0.259 e. The summed E-state index contributed by atoms with van der Waals surface area (Å²) in [6, 6.07) is 9.07. The van der Waals surface area contributed by atoms with Crippen molar-refractivity contribution in [2.24, 2.45) is 0 Å². The van der Waals surface area contributed by atoms with Crippen LogP contribution >= 0.6 is 0 Å². The molecular formula is C16H17N3O2. The molecule has 3 N–H and O–H groups in total. The second-order valence-corrected chi connectivity index (χ2v) is 5.33. The molecule has 5 nitrogen and oxygen atoms in total. The molecule has 0 spiro atoms. The molecule has 0 unspecified atom stereocenters. The summed E-state index contributed by atoms with van der Waals surface area (Å²) in [5, 5.41) is 0. The fraction of sp³-hybridized carbons (Fsp3) is 0.250. The van der Waals surface area contributed by atoms with Gasteiger partial charge in [-0.2, -0.15) is 0 Å². The molecule has 0 atom stereocenters. The van der Waals surface area contributed by atoms with Crippen LogP contribution in [0.3, 0.4) is 0 Å². The van der Waals surface area contributed by atoms with Crippen LogP contribution in [0.2, 0.25) is 0 Å². The summed E-state index contributed by atoms with van der Waals surface area (Å²) in [7, 11) is 0. The van der Waals surface area contributed by atoms with E-state index < -0.39 is 0 Å². The zero-order chi connectivity index (χ0) is 14.8. The highest BCUT2D eigenvalue weighted by molar-refractivity contribution is 5.94. The normalized spacial score (nSPS) is 13.9. The lowest BCUT2D eigenvalue weighted by atomic mass is 10.1. The number of amides is 1. The highest BCUT2D eigenvalue weighted by Gasteiger charge is 2.33. The Morgan fingerprint density at radius 2 is 1.95 bits per heavy atom. The molecule has 1 aliphatic rings. The van der Waals surface area contributed by atoms with Crippen LogP contribution in [0.25, 0.3) is 0 Å². The van der Waals surface area contributed by atoms with Crippen LogP contribution in [0, 0.1) is 0 Å². The SMILES string of the molecule is Nc1ccc(CN(C(=O)c2c[nH]ccc2=O)C2CC2)cc1. The zero-order valence-corrected chi connectivity index (χ0v) is 11.6. The van der Waals surface area contributed by atoms with Gasteiger partial charge in [-0.15, -0.1) is 0 Å². The lowest BCUT2D eigenvalue weighted by molar-refractivity contribution is 0.0728. The van der Waals surface area contributed by atoms with Gasteiger partial charge in [-0.1, -0.05) is 12.1 Å². The monoisotopic (exact) mass is 283 g/mol. The first-order valence-electron chi connectivity index (χ1n) is 6.97. The standard InChI is InChI=1S/C16H17N3O2/c17-12-3-1-11(2-4-12)10-19(13-5-6-13)16(21)14-9-18-8-7-15(14)20/h1-4,7-9,13H,5-6,10,17H2,(H,18,20). The number of aromatic nitrogens is 1. The van der Waals surface area contributed by atoms with E-state index >= 15 is 0 Å². The van der Waals surface area contributed by atoms with Gasteiger partial charge in [-0.3, -0.25) is 9.59 Å². The summed E-state index contributed by atoms with van der Waals surface area (Å²) < 4.78 is 0. The summed E-state index contributed by atoms with van der Waals surface area (Å²) in [5.41, 5.74) is 7.33. The minimum atomic E-state index is -0.248. The van der Waals surface area contributed by atoms with E-state index in [1.807, 2.05) is 24.3 Å². The summed E-state index contributed by atoms with van der Waals surface area (Å²) in [5.74, 6) is -0.212. The molecule has 3 rings (SSSR count). The average molecular weight is 283 g/mol. The summed E-state index contributed by atoms with van der Waals surface area (Å²) in [6.45, 7) is 0.498. The Kier molecular flexibility index (Phi) is 3.48. The number of nitrogen functional groups attached to an aromatic ring is 1. The molecule has 21 heavy (non-hydrogen) atoms. The quantitative estimate of drug-likeness (QED) is 0.839. The number of hydrogen-bond acceptors (Lipinski definition) is 3. The van der Waals surface area contributed by atoms with Crippen LogP contribution in [0.5, 0.6) is 0 Å². The Hall–Kier alpha value is -2.56. The molecule has 0 saturated heterocycles. The Bertz CT molecular complexity index is 702. The van der Waals surface area contributed by atoms with Gasteiger partial charge in [-0.05, 0) is 30.5 Å². The van der Waals surface area contributed by atoms with Crippen molar-refractivity contribution in [3.8, 4) is 0 Å². The van der Waals surface area contributed by atoms with Crippen molar-refractivity contribution in [2.45, 2.75) is 25.4 Å². The number of aromatic amines is 1. The molecule has 5 heteroatoms.